The summed E-state index contributed by atoms with van der Waals surface area (Å²) in [6.07, 6.45) is 0.438. The number of fused-ring (bicyclic) bond motifs is 1. The van der Waals surface area contributed by atoms with Crippen molar-refractivity contribution in [3.8, 4) is 5.75 Å². The molecule has 1 heterocycles. The van der Waals surface area contributed by atoms with Gasteiger partial charge in [0.2, 0.25) is 0 Å². The first-order chi connectivity index (χ1) is 7.99. The Morgan fingerprint density at radius 2 is 2.06 bits per heavy atom. The van der Waals surface area contributed by atoms with E-state index in [1.54, 1.807) is 19.1 Å². The molecule has 0 unspecified atom stereocenters. The monoisotopic (exact) mass is 231 g/mol. The Hall–Kier alpha value is -1.77. The van der Waals surface area contributed by atoms with Crippen LogP contribution in [-0.2, 0) is 11.2 Å². The molecule has 0 saturated heterocycles. The summed E-state index contributed by atoms with van der Waals surface area (Å²) in [4.78, 5) is 11.3. The molecule has 0 atom stereocenters. The largest absolute Gasteiger partial charge is 0.508 e. The molecule has 2 aromatic rings. The van der Waals surface area contributed by atoms with Crippen molar-refractivity contribution in [1.29, 1.82) is 0 Å². The van der Waals surface area contributed by atoms with Gasteiger partial charge in [-0.1, -0.05) is 0 Å². The van der Waals surface area contributed by atoms with E-state index in [1.807, 2.05) is 12.1 Å². The molecule has 0 bridgehead atoms. The number of aromatic nitrogens is 1. The summed E-state index contributed by atoms with van der Waals surface area (Å²) in [5, 5.41) is 10.5. The number of carbonyl (C=O) groups is 1. The lowest BCUT2D eigenvalue weighted by molar-refractivity contribution is -0.116. The number of Topliss-reactive ketones (excluding diaryl/α,β-unsaturated/α-hetero) is 1. The molecule has 90 valence electrons. The Kier molecular flexibility index (Phi) is 2.92. The van der Waals surface area contributed by atoms with Crippen molar-refractivity contribution in [3.05, 3.63) is 30.0 Å². The van der Waals surface area contributed by atoms with E-state index in [0.717, 1.165) is 16.6 Å². The molecular formula is C14H17NO2. The first-order valence-corrected chi connectivity index (χ1v) is 5.81. The van der Waals surface area contributed by atoms with Crippen LogP contribution >= 0.6 is 0 Å². The molecule has 0 radical (unpaired) electrons. The van der Waals surface area contributed by atoms with Crippen LogP contribution in [0.25, 0.3) is 10.9 Å². The molecule has 17 heavy (non-hydrogen) atoms. The van der Waals surface area contributed by atoms with Gasteiger partial charge >= 0.3 is 0 Å². The van der Waals surface area contributed by atoms with Gasteiger partial charge in [0.1, 0.15) is 11.5 Å². The molecule has 3 heteroatoms. The highest BCUT2D eigenvalue weighted by Crippen LogP contribution is 2.27. The van der Waals surface area contributed by atoms with Crippen molar-refractivity contribution in [1.82, 2.24) is 4.57 Å². The normalized spacial score (nSPS) is 11.3. The zero-order valence-electron chi connectivity index (χ0n) is 10.4. The standard InChI is InChI=1S/C14H17NO2/c1-9(2)15-12(6-10(3)16)7-11-8-13(17)4-5-14(11)15/h4-5,7-9,17H,6H2,1-3H3. The Morgan fingerprint density at radius 3 is 2.65 bits per heavy atom. The molecular weight excluding hydrogens is 214 g/mol. The zero-order chi connectivity index (χ0) is 12.6. The molecule has 1 aromatic heterocycles. The Balaban J connectivity index is 2.65. The van der Waals surface area contributed by atoms with Crippen LogP contribution in [0, 0.1) is 0 Å². The van der Waals surface area contributed by atoms with Crippen LogP contribution in [0.1, 0.15) is 32.5 Å². The predicted octanol–water partition coefficient (Wildman–Crippen LogP) is 3.06. The molecule has 0 aliphatic heterocycles. The van der Waals surface area contributed by atoms with Crippen molar-refractivity contribution < 1.29 is 9.90 Å². The van der Waals surface area contributed by atoms with Crippen LogP contribution < -0.4 is 0 Å². The van der Waals surface area contributed by atoms with Crippen molar-refractivity contribution in [2.45, 2.75) is 33.2 Å². The maximum atomic E-state index is 11.3. The van der Waals surface area contributed by atoms with Crippen LogP contribution in [0.15, 0.2) is 24.3 Å². The zero-order valence-corrected chi connectivity index (χ0v) is 10.4. The van der Waals surface area contributed by atoms with Crippen LogP contribution in [0.3, 0.4) is 0 Å². The average molecular weight is 231 g/mol. The van der Waals surface area contributed by atoms with E-state index in [1.165, 1.54) is 0 Å². The second-order valence-corrected chi connectivity index (χ2v) is 4.72. The molecule has 0 spiro atoms. The van der Waals surface area contributed by atoms with Gasteiger partial charge in [-0.15, -0.1) is 0 Å². The van der Waals surface area contributed by atoms with Crippen molar-refractivity contribution in [2.24, 2.45) is 0 Å². The van der Waals surface area contributed by atoms with E-state index in [2.05, 4.69) is 18.4 Å². The van der Waals surface area contributed by atoms with Gasteiger partial charge in [-0.05, 0) is 45.0 Å². The van der Waals surface area contributed by atoms with Crippen molar-refractivity contribution >= 4 is 16.7 Å². The number of carbonyl (C=O) groups excluding carboxylic acids is 1. The van der Waals surface area contributed by atoms with Gasteiger partial charge in [0.05, 0.1) is 0 Å². The van der Waals surface area contributed by atoms with Gasteiger partial charge in [-0.3, -0.25) is 4.79 Å². The lowest BCUT2D eigenvalue weighted by atomic mass is 10.2. The van der Waals surface area contributed by atoms with Gasteiger partial charge in [-0.2, -0.15) is 0 Å². The average Bonchev–Trinajstić information content (AvgIpc) is 2.53. The number of phenols is 1. The SMILES string of the molecule is CC(=O)Cc1cc2cc(O)ccc2n1C(C)C. The molecule has 1 N–H and O–H groups in total. The summed E-state index contributed by atoms with van der Waals surface area (Å²) in [5.74, 6) is 0.409. The number of hydrogen-bond acceptors (Lipinski definition) is 2. The minimum absolute atomic E-state index is 0.152. The number of ketones is 1. The van der Waals surface area contributed by atoms with Crippen LogP contribution in [0.4, 0.5) is 0 Å². The Bertz CT molecular complexity index is 567. The van der Waals surface area contributed by atoms with Gasteiger partial charge in [0.25, 0.3) is 0 Å². The van der Waals surface area contributed by atoms with Crippen molar-refractivity contribution in [2.75, 3.05) is 0 Å². The third-order valence-electron chi connectivity index (χ3n) is 2.85. The van der Waals surface area contributed by atoms with Gasteiger partial charge < -0.3 is 9.67 Å². The molecule has 0 amide bonds. The van der Waals surface area contributed by atoms with Crippen LogP contribution in [0.2, 0.25) is 0 Å². The minimum atomic E-state index is 0.152. The Morgan fingerprint density at radius 1 is 1.35 bits per heavy atom. The summed E-state index contributed by atoms with van der Waals surface area (Å²) in [7, 11) is 0. The van der Waals surface area contributed by atoms with E-state index < -0.39 is 0 Å². The van der Waals surface area contributed by atoms with E-state index in [9.17, 15) is 9.90 Å². The molecule has 0 fully saturated rings. The highest BCUT2D eigenvalue weighted by atomic mass is 16.3. The minimum Gasteiger partial charge on any atom is -0.508 e. The molecule has 0 aliphatic rings. The maximum Gasteiger partial charge on any atom is 0.135 e. The first-order valence-electron chi connectivity index (χ1n) is 5.81. The number of phenolic OH excluding ortho intramolecular Hbond substituents is 1. The maximum absolute atomic E-state index is 11.3. The number of hydrogen-bond donors (Lipinski definition) is 1. The summed E-state index contributed by atoms with van der Waals surface area (Å²) in [6, 6.07) is 7.59. The topological polar surface area (TPSA) is 42.2 Å². The van der Waals surface area contributed by atoms with E-state index >= 15 is 0 Å². The lowest BCUT2D eigenvalue weighted by Gasteiger charge is -2.13. The molecule has 0 aliphatic carbocycles. The smallest absolute Gasteiger partial charge is 0.135 e. The van der Waals surface area contributed by atoms with Gasteiger partial charge in [0, 0.05) is 29.1 Å². The molecule has 2 rings (SSSR count). The fraction of sp³-hybridized carbons (Fsp3) is 0.357. The predicted molar refractivity (Wildman–Crippen MR) is 68.4 cm³/mol. The number of benzene rings is 1. The highest BCUT2D eigenvalue weighted by molar-refractivity contribution is 5.85. The molecule has 0 saturated carbocycles. The van der Waals surface area contributed by atoms with Crippen LogP contribution in [0.5, 0.6) is 5.75 Å². The number of nitrogens with zero attached hydrogens (tertiary/aromatic N) is 1. The van der Waals surface area contributed by atoms with E-state index in [-0.39, 0.29) is 11.5 Å². The van der Waals surface area contributed by atoms with E-state index in [0.29, 0.717) is 12.5 Å². The number of rotatable bonds is 3. The summed E-state index contributed by atoms with van der Waals surface area (Å²) in [5.41, 5.74) is 2.07. The fourth-order valence-corrected chi connectivity index (χ4v) is 2.28. The molecule has 1 aromatic carbocycles. The van der Waals surface area contributed by atoms with Gasteiger partial charge in [-0.25, -0.2) is 0 Å². The summed E-state index contributed by atoms with van der Waals surface area (Å²) >= 11 is 0. The van der Waals surface area contributed by atoms with E-state index in [4.69, 9.17) is 0 Å². The quantitative estimate of drug-likeness (QED) is 0.882. The second-order valence-electron chi connectivity index (χ2n) is 4.72. The van der Waals surface area contributed by atoms with Crippen molar-refractivity contribution in [3.63, 3.8) is 0 Å². The second kappa shape index (κ2) is 4.24. The van der Waals surface area contributed by atoms with Gasteiger partial charge in [0.15, 0.2) is 0 Å². The Labute approximate surface area is 101 Å². The fourth-order valence-electron chi connectivity index (χ4n) is 2.28. The third-order valence-corrected chi connectivity index (χ3v) is 2.85. The number of aromatic hydroxyl groups is 1. The van der Waals surface area contributed by atoms with Crippen LogP contribution in [-0.4, -0.2) is 15.5 Å². The lowest BCUT2D eigenvalue weighted by Crippen LogP contribution is -2.08. The summed E-state index contributed by atoms with van der Waals surface area (Å²) in [6.45, 7) is 5.78. The first kappa shape index (κ1) is 11.7. The highest BCUT2D eigenvalue weighted by Gasteiger charge is 2.12. The summed E-state index contributed by atoms with van der Waals surface area (Å²) < 4.78 is 2.15. The molecule has 3 nitrogen and oxygen atoms in total. The third kappa shape index (κ3) is 2.18.